The van der Waals surface area contributed by atoms with Gasteiger partial charge in [-0.05, 0) is 95.7 Å². The first kappa shape index (κ1) is 40.3. The van der Waals surface area contributed by atoms with Crippen molar-refractivity contribution in [2.75, 3.05) is 11.5 Å². The van der Waals surface area contributed by atoms with Crippen LogP contribution in [0.1, 0.15) is 175 Å². The van der Waals surface area contributed by atoms with Crippen molar-refractivity contribution < 1.29 is 0 Å². The second kappa shape index (κ2) is 23.1. The Morgan fingerprint density at radius 3 is 1.02 bits per heavy atom. The van der Waals surface area contributed by atoms with Gasteiger partial charge in [-0.25, -0.2) is 0 Å². The molecule has 0 bridgehead atoms. The van der Waals surface area contributed by atoms with Crippen LogP contribution in [0, 0.1) is 5.92 Å². The number of nitrogens with two attached hydrogens (primary N) is 2. The molecule has 276 valence electrons. The molecule has 4 aromatic rings. The standard InChI is InChI=1S/C49H70N2/c1-4-7-10-13-14-15-18-41(37-39-21-25-42(26-22-39)48(19-16-11-8-5-2)44-29-33-46(50)34-30-44)38-40-23-27-43(28-24-40)49(20-17-12-9-6-3)45-31-35-47(51)36-32-45/h21-36,41,48-49H,4-20,37-38,50-51H2,1-3H3. The third-order valence-corrected chi connectivity index (χ3v) is 11.1. The third kappa shape index (κ3) is 14.2. The molecule has 0 aliphatic heterocycles. The molecule has 2 unspecified atom stereocenters. The molecule has 0 saturated heterocycles. The molecular formula is C49H70N2. The van der Waals surface area contributed by atoms with Gasteiger partial charge in [0.05, 0.1) is 0 Å². The molecule has 51 heavy (non-hydrogen) atoms. The number of hydrogen-bond acceptors (Lipinski definition) is 2. The van der Waals surface area contributed by atoms with Gasteiger partial charge in [0.2, 0.25) is 0 Å². The quantitative estimate of drug-likeness (QED) is 0.0538. The number of unbranched alkanes of at least 4 members (excludes halogenated alkanes) is 11. The summed E-state index contributed by atoms with van der Waals surface area (Å²) < 4.78 is 0. The zero-order valence-electron chi connectivity index (χ0n) is 32.6. The second-order valence-electron chi connectivity index (χ2n) is 15.5. The van der Waals surface area contributed by atoms with Crippen LogP contribution in [-0.4, -0.2) is 0 Å². The number of benzene rings is 4. The van der Waals surface area contributed by atoms with Crippen LogP contribution in [0.4, 0.5) is 11.4 Å². The molecule has 0 aromatic heterocycles. The van der Waals surface area contributed by atoms with Crippen LogP contribution < -0.4 is 11.5 Å². The van der Waals surface area contributed by atoms with Gasteiger partial charge in [-0.3, -0.25) is 0 Å². The van der Waals surface area contributed by atoms with Crippen molar-refractivity contribution in [3.63, 3.8) is 0 Å². The van der Waals surface area contributed by atoms with E-state index in [1.54, 1.807) is 0 Å². The fourth-order valence-electron chi connectivity index (χ4n) is 7.99. The second-order valence-corrected chi connectivity index (χ2v) is 15.5. The molecule has 0 aliphatic carbocycles. The van der Waals surface area contributed by atoms with Crippen LogP contribution in [0.5, 0.6) is 0 Å². The van der Waals surface area contributed by atoms with Crippen LogP contribution >= 0.6 is 0 Å². The Hall–Kier alpha value is -3.52. The molecular weight excluding hydrogens is 617 g/mol. The molecule has 0 radical (unpaired) electrons. The van der Waals surface area contributed by atoms with E-state index in [4.69, 9.17) is 11.5 Å². The van der Waals surface area contributed by atoms with Crippen molar-refractivity contribution >= 4 is 11.4 Å². The van der Waals surface area contributed by atoms with Gasteiger partial charge in [0, 0.05) is 23.2 Å². The first-order chi connectivity index (χ1) is 25.0. The van der Waals surface area contributed by atoms with Crippen molar-refractivity contribution in [1.82, 2.24) is 0 Å². The van der Waals surface area contributed by atoms with E-state index in [0.717, 1.165) is 24.2 Å². The van der Waals surface area contributed by atoms with Crippen molar-refractivity contribution in [2.24, 2.45) is 5.92 Å². The zero-order chi connectivity index (χ0) is 36.1. The molecule has 4 rings (SSSR count). The zero-order valence-corrected chi connectivity index (χ0v) is 32.6. The summed E-state index contributed by atoms with van der Waals surface area (Å²) in [5, 5.41) is 0. The van der Waals surface area contributed by atoms with Crippen LogP contribution in [0.3, 0.4) is 0 Å². The number of nitrogen functional groups attached to an aromatic ring is 2. The van der Waals surface area contributed by atoms with Gasteiger partial charge in [-0.2, -0.15) is 0 Å². The molecule has 2 atom stereocenters. The monoisotopic (exact) mass is 687 g/mol. The van der Waals surface area contributed by atoms with Crippen molar-refractivity contribution in [2.45, 2.75) is 155 Å². The number of anilines is 2. The molecule has 2 nitrogen and oxygen atoms in total. The lowest BCUT2D eigenvalue weighted by Crippen LogP contribution is -2.10. The smallest absolute Gasteiger partial charge is 0.0314 e. The summed E-state index contributed by atoms with van der Waals surface area (Å²) in [5.41, 5.74) is 22.4. The summed E-state index contributed by atoms with van der Waals surface area (Å²) in [4.78, 5) is 0. The van der Waals surface area contributed by atoms with Crippen molar-refractivity contribution in [3.8, 4) is 0 Å². The molecule has 2 heteroatoms. The maximum absolute atomic E-state index is 6.06. The summed E-state index contributed by atoms with van der Waals surface area (Å²) in [7, 11) is 0. The predicted octanol–water partition coefficient (Wildman–Crippen LogP) is 14.2. The van der Waals surface area contributed by atoms with Crippen molar-refractivity contribution in [1.29, 1.82) is 0 Å². The molecule has 0 heterocycles. The Bertz CT molecular complexity index is 1350. The molecule has 0 amide bonds. The highest BCUT2D eigenvalue weighted by Gasteiger charge is 2.18. The van der Waals surface area contributed by atoms with Gasteiger partial charge in [0.1, 0.15) is 0 Å². The Balaban J connectivity index is 1.47. The molecule has 0 fully saturated rings. The minimum atomic E-state index is 0.428. The topological polar surface area (TPSA) is 52.0 Å². The first-order valence-corrected chi connectivity index (χ1v) is 20.9. The molecule has 0 spiro atoms. The lowest BCUT2D eigenvalue weighted by Gasteiger charge is -2.21. The van der Waals surface area contributed by atoms with Gasteiger partial charge < -0.3 is 11.5 Å². The van der Waals surface area contributed by atoms with Crippen LogP contribution in [0.2, 0.25) is 0 Å². The Morgan fingerprint density at radius 2 is 0.647 bits per heavy atom. The van der Waals surface area contributed by atoms with Gasteiger partial charge >= 0.3 is 0 Å². The summed E-state index contributed by atoms with van der Waals surface area (Å²) in [6.45, 7) is 6.89. The van der Waals surface area contributed by atoms with Gasteiger partial charge in [-0.1, -0.05) is 183 Å². The lowest BCUT2D eigenvalue weighted by molar-refractivity contribution is 0.445. The first-order valence-electron chi connectivity index (χ1n) is 20.9. The summed E-state index contributed by atoms with van der Waals surface area (Å²) in [6, 6.07) is 36.6. The fourth-order valence-corrected chi connectivity index (χ4v) is 7.99. The Kier molecular flexibility index (Phi) is 18.3. The minimum absolute atomic E-state index is 0.428. The van der Waals surface area contributed by atoms with E-state index in [-0.39, 0.29) is 0 Å². The van der Waals surface area contributed by atoms with E-state index in [1.165, 1.54) is 143 Å². The van der Waals surface area contributed by atoms with Crippen LogP contribution in [0.15, 0.2) is 97.1 Å². The average molecular weight is 687 g/mol. The normalized spacial score (nSPS) is 13.2. The SMILES string of the molecule is CCCCCCCCC(Cc1ccc(C(CCCCCC)c2ccc(N)cc2)cc1)Cc1ccc(C(CCCCCC)c2ccc(N)cc2)cc1. The number of hydrogen-bond donors (Lipinski definition) is 2. The summed E-state index contributed by atoms with van der Waals surface area (Å²) in [5.74, 6) is 1.51. The highest BCUT2D eigenvalue weighted by molar-refractivity contribution is 5.44. The molecule has 0 saturated carbocycles. The fraction of sp³-hybridized carbons (Fsp3) is 0.510. The predicted molar refractivity (Wildman–Crippen MR) is 225 cm³/mol. The highest BCUT2D eigenvalue weighted by atomic mass is 14.5. The Labute approximate surface area is 312 Å². The van der Waals surface area contributed by atoms with E-state index in [0.29, 0.717) is 17.8 Å². The Morgan fingerprint density at radius 1 is 0.353 bits per heavy atom. The van der Waals surface area contributed by atoms with E-state index in [9.17, 15) is 0 Å². The molecule has 4 N–H and O–H groups in total. The molecule has 0 aliphatic rings. The number of rotatable bonds is 25. The van der Waals surface area contributed by atoms with Crippen LogP contribution in [0.25, 0.3) is 0 Å². The largest absolute Gasteiger partial charge is 0.399 e. The van der Waals surface area contributed by atoms with Gasteiger partial charge in [0.25, 0.3) is 0 Å². The van der Waals surface area contributed by atoms with E-state index >= 15 is 0 Å². The average Bonchev–Trinajstić information content (AvgIpc) is 3.15. The van der Waals surface area contributed by atoms with E-state index in [2.05, 4.69) is 118 Å². The minimum Gasteiger partial charge on any atom is -0.399 e. The summed E-state index contributed by atoms with van der Waals surface area (Å²) >= 11 is 0. The van der Waals surface area contributed by atoms with Gasteiger partial charge in [0.15, 0.2) is 0 Å². The van der Waals surface area contributed by atoms with E-state index in [1.807, 2.05) is 0 Å². The summed E-state index contributed by atoms with van der Waals surface area (Å²) in [6.07, 6.45) is 24.4. The molecule has 4 aromatic carbocycles. The lowest BCUT2D eigenvalue weighted by atomic mass is 9.83. The van der Waals surface area contributed by atoms with Crippen molar-refractivity contribution in [3.05, 3.63) is 130 Å². The van der Waals surface area contributed by atoms with Gasteiger partial charge in [-0.15, -0.1) is 0 Å². The maximum Gasteiger partial charge on any atom is 0.0314 e. The third-order valence-electron chi connectivity index (χ3n) is 11.1. The van der Waals surface area contributed by atoms with Crippen LogP contribution in [-0.2, 0) is 12.8 Å². The maximum atomic E-state index is 6.06. The highest BCUT2D eigenvalue weighted by Crippen LogP contribution is 2.33. The van der Waals surface area contributed by atoms with E-state index < -0.39 is 0 Å².